The number of carbonyl (C=O) groups excluding carboxylic acids is 1. The molecule has 3 rings (SSSR count). The van der Waals surface area contributed by atoms with Crippen molar-refractivity contribution >= 4 is 5.91 Å². The number of aromatic nitrogens is 4. The van der Waals surface area contributed by atoms with Crippen LogP contribution in [0.2, 0.25) is 0 Å². The molecule has 0 aliphatic rings. The van der Waals surface area contributed by atoms with Crippen molar-refractivity contribution in [2.45, 2.75) is 33.9 Å². The third-order valence-electron chi connectivity index (χ3n) is 4.52. The summed E-state index contributed by atoms with van der Waals surface area (Å²) in [5.41, 5.74) is 5.57. The second-order valence-electron chi connectivity index (χ2n) is 6.64. The average Bonchev–Trinajstić information content (AvgIpc) is 3.26. The van der Waals surface area contributed by atoms with Gasteiger partial charge in [-0.3, -0.25) is 9.89 Å². The first-order valence-corrected chi connectivity index (χ1v) is 8.90. The van der Waals surface area contributed by atoms with Gasteiger partial charge in [0.15, 0.2) is 0 Å². The second kappa shape index (κ2) is 8.18. The van der Waals surface area contributed by atoms with E-state index in [9.17, 15) is 4.79 Å². The molecule has 2 N–H and O–H groups in total. The minimum Gasteiger partial charge on any atom is -0.377 e. The van der Waals surface area contributed by atoms with Gasteiger partial charge in [0.05, 0.1) is 5.69 Å². The number of benzene rings is 1. The molecule has 0 fully saturated rings. The van der Waals surface area contributed by atoms with Gasteiger partial charge in [0.25, 0.3) is 5.91 Å². The fourth-order valence-corrected chi connectivity index (χ4v) is 3.02. The lowest BCUT2D eigenvalue weighted by Gasteiger charge is -2.10. The van der Waals surface area contributed by atoms with Gasteiger partial charge >= 0.3 is 0 Å². The summed E-state index contributed by atoms with van der Waals surface area (Å²) in [6.45, 7) is 7.63. The molecule has 1 amide bonds. The van der Waals surface area contributed by atoms with Crippen LogP contribution in [0.5, 0.6) is 0 Å². The van der Waals surface area contributed by atoms with Gasteiger partial charge in [0.2, 0.25) is 0 Å². The molecule has 0 spiro atoms. The molecule has 0 unspecified atom stereocenters. The number of carbonyl (C=O) groups is 1. The number of hydrogen-bond donors (Lipinski definition) is 2. The van der Waals surface area contributed by atoms with Crippen LogP contribution in [0.25, 0.3) is 11.3 Å². The van der Waals surface area contributed by atoms with Gasteiger partial charge in [-0.05, 0) is 38.5 Å². The summed E-state index contributed by atoms with van der Waals surface area (Å²) in [6.07, 6.45) is 1.81. The average molecular weight is 367 g/mol. The Labute approximate surface area is 158 Å². The molecular weight excluding hydrogens is 342 g/mol. The SMILES string of the molecule is COCc1ncc(C)n1CCNC(=O)c1cc(-c2cc(C)ccc2C)n[nH]1. The van der Waals surface area contributed by atoms with Crippen LogP contribution in [-0.2, 0) is 17.9 Å². The molecule has 142 valence electrons. The number of H-pyrrole nitrogens is 1. The van der Waals surface area contributed by atoms with Crippen LogP contribution in [0.4, 0.5) is 0 Å². The molecular formula is C20H25N5O2. The number of aryl methyl sites for hydroxylation is 3. The minimum absolute atomic E-state index is 0.176. The highest BCUT2D eigenvalue weighted by Gasteiger charge is 2.13. The Bertz CT molecular complexity index is 942. The zero-order chi connectivity index (χ0) is 19.4. The van der Waals surface area contributed by atoms with Crippen molar-refractivity contribution in [2.24, 2.45) is 0 Å². The fraction of sp³-hybridized carbons (Fsp3) is 0.350. The van der Waals surface area contributed by atoms with Crippen molar-refractivity contribution in [3.05, 3.63) is 58.8 Å². The van der Waals surface area contributed by atoms with Crippen molar-refractivity contribution in [1.29, 1.82) is 0 Å². The van der Waals surface area contributed by atoms with Crippen LogP contribution < -0.4 is 5.32 Å². The van der Waals surface area contributed by atoms with Gasteiger partial charge in [-0.25, -0.2) is 4.98 Å². The van der Waals surface area contributed by atoms with E-state index in [1.165, 1.54) is 0 Å². The van der Waals surface area contributed by atoms with Crippen LogP contribution in [0, 0.1) is 20.8 Å². The molecule has 27 heavy (non-hydrogen) atoms. The van der Waals surface area contributed by atoms with E-state index >= 15 is 0 Å². The van der Waals surface area contributed by atoms with E-state index in [2.05, 4.69) is 38.7 Å². The van der Waals surface area contributed by atoms with Crippen LogP contribution in [0.1, 0.15) is 33.1 Å². The van der Waals surface area contributed by atoms with E-state index in [1.807, 2.05) is 31.5 Å². The third-order valence-corrected chi connectivity index (χ3v) is 4.52. The van der Waals surface area contributed by atoms with E-state index in [4.69, 9.17) is 4.74 Å². The van der Waals surface area contributed by atoms with Crippen molar-refractivity contribution in [3.8, 4) is 11.3 Å². The highest BCUT2D eigenvalue weighted by molar-refractivity contribution is 5.93. The molecule has 7 heteroatoms. The van der Waals surface area contributed by atoms with Crippen molar-refractivity contribution in [3.63, 3.8) is 0 Å². The van der Waals surface area contributed by atoms with E-state index in [-0.39, 0.29) is 5.91 Å². The number of hydrogen-bond acceptors (Lipinski definition) is 4. The highest BCUT2D eigenvalue weighted by atomic mass is 16.5. The third kappa shape index (κ3) is 4.25. The van der Waals surface area contributed by atoms with Gasteiger partial charge in [-0.2, -0.15) is 5.10 Å². The predicted octanol–water partition coefficient (Wildman–Crippen LogP) is 2.77. The second-order valence-corrected chi connectivity index (χ2v) is 6.64. The first-order valence-electron chi connectivity index (χ1n) is 8.90. The van der Waals surface area contributed by atoms with Gasteiger partial charge in [0.1, 0.15) is 18.1 Å². The summed E-state index contributed by atoms with van der Waals surface area (Å²) in [5.74, 6) is 0.674. The molecule has 2 aromatic heterocycles. The Morgan fingerprint density at radius 2 is 2.07 bits per heavy atom. The van der Waals surface area contributed by atoms with Crippen LogP contribution in [0.15, 0.2) is 30.5 Å². The lowest BCUT2D eigenvalue weighted by atomic mass is 10.0. The number of ether oxygens (including phenoxy) is 1. The zero-order valence-corrected chi connectivity index (χ0v) is 16.2. The van der Waals surface area contributed by atoms with Crippen LogP contribution in [0.3, 0.4) is 0 Å². The smallest absolute Gasteiger partial charge is 0.269 e. The van der Waals surface area contributed by atoms with Gasteiger partial charge in [-0.15, -0.1) is 0 Å². The lowest BCUT2D eigenvalue weighted by Crippen LogP contribution is -2.28. The maximum Gasteiger partial charge on any atom is 0.269 e. The quantitative estimate of drug-likeness (QED) is 0.672. The van der Waals surface area contributed by atoms with Gasteiger partial charge < -0.3 is 14.6 Å². The van der Waals surface area contributed by atoms with Gasteiger partial charge in [-0.1, -0.05) is 17.7 Å². The lowest BCUT2D eigenvalue weighted by molar-refractivity contribution is 0.0946. The maximum absolute atomic E-state index is 12.4. The molecule has 0 saturated carbocycles. The van der Waals surface area contributed by atoms with Gasteiger partial charge in [0, 0.05) is 37.7 Å². The van der Waals surface area contributed by atoms with Crippen LogP contribution in [-0.4, -0.2) is 39.3 Å². The molecule has 0 aliphatic carbocycles. The minimum atomic E-state index is -0.176. The highest BCUT2D eigenvalue weighted by Crippen LogP contribution is 2.23. The summed E-state index contributed by atoms with van der Waals surface area (Å²) in [7, 11) is 1.64. The Morgan fingerprint density at radius 3 is 2.85 bits per heavy atom. The summed E-state index contributed by atoms with van der Waals surface area (Å²) in [6, 6.07) is 7.99. The predicted molar refractivity (Wildman–Crippen MR) is 104 cm³/mol. The fourth-order valence-electron chi connectivity index (χ4n) is 3.02. The molecule has 3 aromatic rings. The van der Waals surface area contributed by atoms with Crippen molar-refractivity contribution in [1.82, 2.24) is 25.1 Å². The largest absolute Gasteiger partial charge is 0.377 e. The number of amides is 1. The first kappa shape index (κ1) is 18.8. The Hall–Kier alpha value is -2.93. The molecule has 0 aliphatic heterocycles. The monoisotopic (exact) mass is 367 g/mol. The molecule has 0 saturated heterocycles. The zero-order valence-electron chi connectivity index (χ0n) is 16.2. The number of imidazole rings is 1. The van der Waals surface area contributed by atoms with Crippen LogP contribution >= 0.6 is 0 Å². The number of methoxy groups -OCH3 is 1. The molecule has 7 nitrogen and oxygen atoms in total. The standard InChI is InChI=1S/C20H25N5O2/c1-13-5-6-14(2)16(9-13)17-10-18(24-23-17)20(26)21-7-8-25-15(3)11-22-19(25)12-27-4/h5-6,9-11H,7-8,12H2,1-4H3,(H,21,26)(H,23,24). The van der Waals surface area contributed by atoms with E-state index in [0.717, 1.165) is 33.9 Å². The molecule has 0 atom stereocenters. The Morgan fingerprint density at radius 1 is 1.26 bits per heavy atom. The Kier molecular flexibility index (Phi) is 5.71. The molecule has 0 bridgehead atoms. The van der Waals surface area contributed by atoms with E-state index in [1.54, 1.807) is 13.2 Å². The number of aromatic amines is 1. The summed E-state index contributed by atoms with van der Waals surface area (Å²) >= 11 is 0. The Balaban J connectivity index is 1.64. The van der Waals surface area contributed by atoms with E-state index in [0.29, 0.717) is 25.4 Å². The number of nitrogens with zero attached hydrogens (tertiary/aromatic N) is 3. The summed E-state index contributed by atoms with van der Waals surface area (Å²) in [5, 5.41) is 10.1. The topological polar surface area (TPSA) is 84.8 Å². The van der Waals surface area contributed by atoms with Crippen molar-refractivity contribution in [2.75, 3.05) is 13.7 Å². The first-order chi connectivity index (χ1) is 13.0. The number of nitrogens with one attached hydrogen (secondary N) is 2. The normalized spacial score (nSPS) is 11.0. The van der Waals surface area contributed by atoms with Crippen molar-refractivity contribution < 1.29 is 9.53 Å². The summed E-state index contributed by atoms with van der Waals surface area (Å²) in [4.78, 5) is 16.8. The number of rotatable bonds is 7. The molecule has 1 aromatic carbocycles. The summed E-state index contributed by atoms with van der Waals surface area (Å²) < 4.78 is 7.20. The van der Waals surface area contributed by atoms with E-state index < -0.39 is 0 Å². The molecule has 0 radical (unpaired) electrons. The molecule has 2 heterocycles. The maximum atomic E-state index is 12.4.